The summed E-state index contributed by atoms with van der Waals surface area (Å²) in [6.07, 6.45) is 5.40. The number of nitrogens with one attached hydrogen (secondary N) is 1. The Morgan fingerprint density at radius 1 is 1.18 bits per heavy atom. The van der Waals surface area contributed by atoms with Gasteiger partial charge in [-0.25, -0.2) is 4.79 Å². The molecule has 0 spiro atoms. The van der Waals surface area contributed by atoms with E-state index in [1.165, 1.54) is 18.4 Å². The first-order valence-electron chi connectivity index (χ1n) is 10.6. The fraction of sp³-hybridized carbons (Fsp3) is 0.696. The van der Waals surface area contributed by atoms with Crippen LogP contribution in [0.2, 0.25) is 0 Å². The lowest BCUT2D eigenvalue weighted by Gasteiger charge is -2.42. The number of rotatable bonds is 8. The molecule has 1 aliphatic heterocycles. The molecule has 0 saturated carbocycles. The molecule has 0 unspecified atom stereocenters. The van der Waals surface area contributed by atoms with Gasteiger partial charge in [0, 0.05) is 13.1 Å². The number of hydrogen-bond acceptors (Lipinski definition) is 4. The lowest BCUT2D eigenvalue weighted by Crippen LogP contribution is -2.46. The van der Waals surface area contributed by atoms with Crippen molar-refractivity contribution in [2.75, 3.05) is 19.6 Å². The Labute approximate surface area is 170 Å². The van der Waals surface area contributed by atoms with E-state index in [1.807, 2.05) is 32.9 Å². The number of piperidine rings is 1. The Morgan fingerprint density at radius 2 is 1.79 bits per heavy atom. The molecular formula is C23H38N2O3. The molecule has 1 fully saturated rings. The van der Waals surface area contributed by atoms with Crippen LogP contribution < -0.4 is 5.32 Å². The molecule has 0 aromatic heterocycles. The molecule has 1 saturated heterocycles. The minimum Gasteiger partial charge on any atom is -0.444 e. The van der Waals surface area contributed by atoms with E-state index < -0.39 is 5.60 Å². The third kappa shape index (κ3) is 7.44. The van der Waals surface area contributed by atoms with E-state index in [2.05, 4.69) is 29.3 Å². The van der Waals surface area contributed by atoms with E-state index in [0.717, 1.165) is 44.5 Å². The Balaban J connectivity index is 1.89. The summed E-state index contributed by atoms with van der Waals surface area (Å²) < 4.78 is 5.42. The zero-order valence-electron chi connectivity index (χ0n) is 18.1. The summed E-state index contributed by atoms with van der Waals surface area (Å²) in [5.41, 5.74) is 1.94. The van der Waals surface area contributed by atoms with Crippen LogP contribution in [0.1, 0.15) is 70.9 Å². The van der Waals surface area contributed by atoms with E-state index in [4.69, 9.17) is 4.74 Å². The Hall–Kier alpha value is -1.59. The molecule has 2 rings (SSSR count). The van der Waals surface area contributed by atoms with Crippen LogP contribution in [0.25, 0.3) is 0 Å². The van der Waals surface area contributed by atoms with Crippen molar-refractivity contribution < 1.29 is 14.6 Å². The number of likely N-dealkylation sites (tertiary alicyclic amines) is 1. The molecule has 0 aliphatic carbocycles. The molecule has 1 heterocycles. The van der Waals surface area contributed by atoms with Crippen LogP contribution in [0, 0.1) is 5.41 Å². The van der Waals surface area contributed by atoms with Gasteiger partial charge in [-0.15, -0.1) is 0 Å². The van der Waals surface area contributed by atoms with Gasteiger partial charge in [0.25, 0.3) is 0 Å². The quantitative estimate of drug-likeness (QED) is 0.687. The number of amides is 1. The van der Waals surface area contributed by atoms with Gasteiger partial charge in [0.1, 0.15) is 5.60 Å². The maximum atomic E-state index is 12.1. The molecular weight excluding hydrogens is 352 g/mol. The van der Waals surface area contributed by atoms with Gasteiger partial charge in [0.05, 0.1) is 6.61 Å². The van der Waals surface area contributed by atoms with Crippen molar-refractivity contribution in [3.05, 3.63) is 35.4 Å². The number of unbranched alkanes of at least 4 members (excludes halogenated alkanes) is 1. The van der Waals surface area contributed by atoms with Gasteiger partial charge in [-0.05, 0) is 69.7 Å². The van der Waals surface area contributed by atoms with Crippen LogP contribution in [-0.4, -0.2) is 41.3 Å². The zero-order valence-corrected chi connectivity index (χ0v) is 18.1. The third-order valence-electron chi connectivity index (χ3n) is 5.60. The molecule has 0 bridgehead atoms. The lowest BCUT2D eigenvalue weighted by atomic mass is 9.74. The summed E-state index contributed by atoms with van der Waals surface area (Å²) in [6, 6.07) is 8.20. The second kappa shape index (κ2) is 10.3. The minimum absolute atomic E-state index is 0.0919. The molecule has 1 aromatic rings. The van der Waals surface area contributed by atoms with Crippen LogP contribution in [0.3, 0.4) is 0 Å². The number of alkyl carbamates (subject to hydrolysis) is 1. The van der Waals surface area contributed by atoms with Gasteiger partial charge in [-0.3, -0.25) is 4.90 Å². The van der Waals surface area contributed by atoms with E-state index in [1.54, 1.807) is 0 Å². The highest BCUT2D eigenvalue weighted by atomic mass is 16.6. The SMILES string of the molecule is CCCCC1(CNC(=O)OC(C)(C)C)CCN(Cc2ccc(CO)cc2)CC1. The van der Waals surface area contributed by atoms with Crippen molar-refractivity contribution in [3.63, 3.8) is 0 Å². The van der Waals surface area contributed by atoms with Crippen molar-refractivity contribution in [1.82, 2.24) is 10.2 Å². The van der Waals surface area contributed by atoms with Gasteiger partial charge < -0.3 is 15.2 Å². The number of carbonyl (C=O) groups is 1. The van der Waals surface area contributed by atoms with Gasteiger partial charge in [-0.2, -0.15) is 0 Å². The summed E-state index contributed by atoms with van der Waals surface area (Å²) in [5.74, 6) is 0. The molecule has 0 radical (unpaired) electrons. The molecule has 0 atom stereocenters. The van der Waals surface area contributed by atoms with Gasteiger partial charge in [0.2, 0.25) is 0 Å². The number of benzene rings is 1. The van der Waals surface area contributed by atoms with E-state index in [9.17, 15) is 9.90 Å². The average molecular weight is 391 g/mol. The van der Waals surface area contributed by atoms with Crippen molar-refractivity contribution >= 4 is 6.09 Å². The monoisotopic (exact) mass is 390 g/mol. The first-order valence-corrected chi connectivity index (χ1v) is 10.6. The summed E-state index contributed by atoms with van der Waals surface area (Å²) in [7, 11) is 0. The third-order valence-corrected chi connectivity index (χ3v) is 5.60. The number of nitrogens with zero attached hydrogens (tertiary/aromatic N) is 1. The molecule has 1 amide bonds. The van der Waals surface area contributed by atoms with Gasteiger partial charge >= 0.3 is 6.09 Å². The van der Waals surface area contributed by atoms with E-state index in [0.29, 0.717) is 6.54 Å². The molecule has 5 heteroatoms. The fourth-order valence-corrected chi connectivity index (χ4v) is 3.83. The highest BCUT2D eigenvalue weighted by Gasteiger charge is 2.34. The largest absolute Gasteiger partial charge is 0.444 e. The molecule has 2 N–H and O–H groups in total. The van der Waals surface area contributed by atoms with E-state index in [-0.39, 0.29) is 18.1 Å². The predicted octanol–water partition coefficient (Wildman–Crippen LogP) is 4.48. The summed E-state index contributed by atoms with van der Waals surface area (Å²) in [6.45, 7) is 11.7. The molecule has 1 aliphatic rings. The number of ether oxygens (including phenoxy) is 1. The molecule has 1 aromatic carbocycles. The number of aliphatic hydroxyl groups is 1. The first-order chi connectivity index (χ1) is 13.3. The highest BCUT2D eigenvalue weighted by molar-refractivity contribution is 5.67. The van der Waals surface area contributed by atoms with Crippen LogP contribution in [0.5, 0.6) is 0 Å². The number of hydrogen-bond donors (Lipinski definition) is 2. The number of carbonyl (C=O) groups excluding carboxylic acids is 1. The van der Waals surface area contributed by atoms with Crippen molar-refractivity contribution in [1.29, 1.82) is 0 Å². The Morgan fingerprint density at radius 3 is 2.32 bits per heavy atom. The summed E-state index contributed by atoms with van der Waals surface area (Å²) >= 11 is 0. The molecule has 5 nitrogen and oxygen atoms in total. The van der Waals surface area contributed by atoms with Gasteiger partial charge in [-0.1, -0.05) is 44.0 Å². The summed E-state index contributed by atoms with van der Waals surface area (Å²) in [5, 5.41) is 12.2. The zero-order chi connectivity index (χ0) is 20.6. The van der Waals surface area contributed by atoms with Crippen molar-refractivity contribution in [2.24, 2.45) is 5.41 Å². The number of aliphatic hydroxyl groups excluding tert-OH is 1. The minimum atomic E-state index is -0.463. The Kier molecular flexibility index (Phi) is 8.32. The second-order valence-electron chi connectivity index (χ2n) is 9.21. The fourth-order valence-electron chi connectivity index (χ4n) is 3.83. The predicted molar refractivity (Wildman–Crippen MR) is 113 cm³/mol. The smallest absolute Gasteiger partial charge is 0.407 e. The van der Waals surface area contributed by atoms with E-state index >= 15 is 0 Å². The maximum Gasteiger partial charge on any atom is 0.407 e. The molecule has 28 heavy (non-hydrogen) atoms. The van der Waals surface area contributed by atoms with Crippen LogP contribution >= 0.6 is 0 Å². The molecule has 158 valence electrons. The normalized spacial score (nSPS) is 17.3. The second-order valence-corrected chi connectivity index (χ2v) is 9.21. The lowest BCUT2D eigenvalue weighted by molar-refractivity contribution is 0.0430. The van der Waals surface area contributed by atoms with Crippen LogP contribution in [0.15, 0.2) is 24.3 Å². The summed E-state index contributed by atoms with van der Waals surface area (Å²) in [4.78, 5) is 14.6. The highest BCUT2D eigenvalue weighted by Crippen LogP contribution is 2.36. The van der Waals surface area contributed by atoms with Gasteiger partial charge in [0.15, 0.2) is 0 Å². The topological polar surface area (TPSA) is 61.8 Å². The van der Waals surface area contributed by atoms with Crippen molar-refractivity contribution in [2.45, 2.75) is 78.6 Å². The van der Waals surface area contributed by atoms with Crippen LogP contribution in [0.4, 0.5) is 4.79 Å². The maximum absolute atomic E-state index is 12.1. The van der Waals surface area contributed by atoms with Crippen LogP contribution in [-0.2, 0) is 17.9 Å². The average Bonchev–Trinajstić information content (AvgIpc) is 2.66. The van der Waals surface area contributed by atoms with Crippen molar-refractivity contribution in [3.8, 4) is 0 Å². The first kappa shape index (κ1) is 22.7. The standard InChI is InChI=1S/C23H38N2O3/c1-5-6-11-23(18-24-21(27)28-22(2,3)4)12-14-25(15-13-23)16-19-7-9-20(17-26)10-8-19/h7-10,26H,5-6,11-18H2,1-4H3,(H,24,27). The Bertz CT molecular complexity index is 599.